The molecule has 13 heavy (non-hydrogen) atoms. The fourth-order valence-corrected chi connectivity index (χ4v) is 1.71. The van der Waals surface area contributed by atoms with Gasteiger partial charge in [-0.3, -0.25) is 4.79 Å². The number of carbonyl (C=O) groups is 1. The third-order valence-corrected chi connectivity index (χ3v) is 3.06. The molecular weight excluding hydrogens is 186 g/mol. The lowest BCUT2D eigenvalue weighted by Crippen LogP contribution is -2.41. The Hall–Kier alpha value is -0.240. The van der Waals surface area contributed by atoms with Gasteiger partial charge in [0.2, 0.25) is 5.91 Å². The van der Waals surface area contributed by atoms with Gasteiger partial charge in [0.25, 0.3) is 0 Å². The minimum atomic E-state index is 0.287. The number of unbranched alkanes of at least 4 members (excludes halogenated alkanes) is 1. The molecule has 0 saturated heterocycles. The number of hydrogen-bond acceptors (Lipinski definition) is 1. The first-order chi connectivity index (χ1) is 6.25. The van der Waals surface area contributed by atoms with E-state index >= 15 is 0 Å². The number of alkyl halides is 1. The topological polar surface area (TPSA) is 20.3 Å². The maximum atomic E-state index is 11.5. The summed E-state index contributed by atoms with van der Waals surface area (Å²) in [6.07, 6.45) is 6.21. The summed E-state index contributed by atoms with van der Waals surface area (Å²) < 4.78 is 0. The fraction of sp³-hybridized carbons (Fsp3) is 0.900. The minimum Gasteiger partial charge on any atom is -0.343 e. The van der Waals surface area contributed by atoms with Gasteiger partial charge in [0, 0.05) is 25.4 Å². The van der Waals surface area contributed by atoms with E-state index in [9.17, 15) is 4.79 Å². The highest BCUT2D eigenvalue weighted by Gasteiger charge is 2.24. The van der Waals surface area contributed by atoms with Crippen LogP contribution in [0.1, 0.15) is 38.5 Å². The van der Waals surface area contributed by atoms with E-state index in [1.807, 2.05) is 11.9 Å². The smallest absolute Gasteiger partial charge is 0.222 e. The van der Waals surface area contributed by atoms with Gasteiger partial charge in [0.15, 0.2) is 0 Å². The summed E-state index contributed by atoms with van der Waals surface area (Å²) in [5, 5.41) is 0. The van der Waals surface area contributed by atoms with Crippen LogP contribution in [0, 0.1) is 0 Å². The van der Waals surface area contributed by atoms with Crippen molar-refractivity contribution in [2.24, 2.45) is 0 Å². The van der Waals surface area contributed by atoms with E-state index < -0.39 is 0 Å². The molecule has 76 valence electrons. The highest BCUT2D eigenvalue weighted by molar-refractivity contribution is 6.17. The molecule has 1 rings (SSSR count). The third kappa shape index (κ3) is 3.18. The van der Waals surface area contributed by atoms with Gasteiger partial charge in [0.1, 0.15) is 0 Å². The Balaban J connectivity index is 2.13. The van der Waals surface area contributed by atoms with E-state index in [0.717, 1.165) is 12.8 Å². The van der Waals surface area contributed by atoms with Gasteiger partial charge < -0.3 is 4.90 Å². The summed E-state index contributed by atoms with van der Waals surface area (Å²) in [7, 11) is 1.92. The standard InChI is InChI=1S/C10H18ClNO/c1-12(9-5-4-6-9)10(13)7-2-3-8-11/h9H,2-8H2,1H3. The summed E-state index contributed by atoms with van der Waals surface area (Å²) in [4.78, 5) is 13.4. The Morgan fingerprint density at radius 2 is 2.15 bits per heavy atom. The van der Waals surface area contributed by atoms with Crippen LogP contribution < -0.4 is 0 Å². The second-order valence-electron chi connectivity index (χ2n) is 3.74. The number of carbonyl (C=O) groups excluding carboxylic acids is 1. The lowest BCUT2D eigenvalue weighted by molar-refractivity contribution is -0.133. The lowest BCUT2D eigenvalue weighted by Gasteiger charge is -2.34. The molecule has 0 aromatic carbocycles. The van der Waals surface area contributed by atoms with Crippen LogP contribution >= 0.6 is 11.6 Å². The molecule has 0 radical (unpaired) electrons. The largest absolute Gasteiger partial charge is 0.343 e. The molecule has 1 fully saturated rings. The second-order valence-corrected chi connectivity index (χ2v) is 4.11. The first-order valence-electron chi connectivity index (χ1n) is 5.07. The van der Waals surface area contributed by atoms with Crippen molar-refractivity contribution in [3.05, 3.63) is 0 Å². The summed E-state index contributed by atoms with van der Waals surface area (Å²) >= 11 is 5.54. The van der Waals surface area contributed by atoms with E-state index in [2.05, 4.69) is 0 Å². The van der Waals surface area contributed by atoms with E-state index in [-0.39, 0.29) is 5.91 Å². The van der Waals surface area contributed by atoms with Gasteiger partial charge in [-0.05, 0) is 32.1 Å². The van der Waals surface area contributed by atoms with Crippen molar-refractivity contribution < 1.29 is 4.79 Å². The molecular formula is C10H18ClNO. The zero-order chi connectivity index (χ0) is 9.68. The van der Waals surface area contributed by atoms with Crippen molar-refractivity contribution in [3.63, 3.8) is 0 Å². The van der Waals surface area contributed by atoms with E-state index in [1.54, 1.807) is 0 Å². The zero-order valence-electron chi connectivity index (χ0n) is 8.26. The minimum absolute atomic E-state index is 0.287. The number of rotatable bonds is 5. The molecule has 1 amide bonds. The Morgan fingerprint density at radius 3 is 2.62 bits per heavy atom. The Bertz CT molecular complexity index is 168. The summed E-state index contributed by atoms with van der Waals surface area (Å²) in [6.45, 7) is 0. The number of nitrogens with zero attached hydrogens (tertiary/aromatic N) is 1. The lowest BCUT2D eigenvalue weighted by atomic mass is 9.91. The van der Waals surface area contributed by atoms with Crippen LogP contribution in [0.15, 0.2) is 0 Å². The van der Waals surface area contributed by atoms with Crippen LogP contribution in [0.3, 0.4) is 0 Å². The molecule has 0 unspecified atom stereocenters. The SMILES string of the molecule is CN(C(=O)CCCCCl)C1CCC1. The Morgan fingerprint density at radius 1 is 1.46 bits per heavy atom. The summed E-state index contributed by atoms with van der Waals surface area (Å²) in [5.41, 5.74) is 0. The van der Waals surface area contributed by atoms with Gasteiger partial charge >= 0.3 is 0 Å². The molecule has 0 aromatic rings. The highest BCUT2D eigenvalue weighted by atomic mass is 35.5. The highest BCUT2D eigenvalue weighted by Crippen LogP contribution is 2.24. The van der Waals surface area contributed by atoms with Crippen molar-refractivity contribution in [1.29, 1.82) is 0 Å². The third-order valence-electron chi connectivity index (χ3n) is 2.79. The monoisotopic (exact) mass is 203 g/mol. The van der Waals surface area contributed by atoms with Crippen molar-refractivity contribution in [1.82, 2.24) is 4.90 Å². The van der Waals surface area contributed by atoms with Gasteiger partial charge in [-0.2, -0.15) is 0 Å². The molecule has 0 N–H and O–H groups in total. The molecule has 0 heterocycles. The maximum absolute atomic E-state index is 11.5. The maximum Gasteiger partial charge on any atom is 0.222 e. The Labute approximate surface area is 85.2 Å². The van der Waals surface area contributed by atoms with E-state index in [4.69, 9.17) is 11.6 Å². The van der Waals surface area contributed by atoms with Gasteiger partial charge in [0.05, 0.1) is 0 Å². The van der Waals surface area contributed by atoms with E-state index in [0.29, 0.717) is 18.3 Å². The molecule has 0 aliphatic heterocycles. The second kappa shape index (κ2) is 5.48. The van der Waals surface area contributed by atoms with E-state index in [1.165, 1.54) is 19.3 Å². The molecule has 0 bridgehead atoms. The number of hydrogen-bond donors (Lipinski definition) is 0. The predicted molar refractivity (Wildman–Crippen MR) is 55.0 cm³/mol. The first-order valence-corrected chi connectivity index (χ1v) is 5.60. The van der Waals surface area contributed by atoms with Crippen molar-refractivity contribution >= 4 is 17.5 Å². The van der Waals surface area contributed by atoms with Crippen LogP contribution in [0.4, 0.5) is 0 Å². The molecule has 0 atom stereocenters. The van der Waals surface area contributed by atoms with Crippen molar-refractivity contribution in [3.8, 4) is 0 Å². The first kappa shape index (κ1) is 10.8. The van der Waals surface area contributed by atoms with Crippen molar-refractivity contribution in [2.45, 2.75) is 44.6 Å². The summed E-state index contributed by atoms with van der Waals surface area (Å²) in [6, 6.07) is 0.531. The Kier molecular flexibility index (Phi) is 4.57. The predicted octanol–water partition coefficient (Wildman–Crippen LogP) is 2.41. The van der Waals surface area contributed by atoms with Gasteiger partial charge in [-0.1, -0.05) is 0 Å². The van der Waals surface area contributed by atoms with Crippen LogP contribution in [-0.4, -0.2) is 29.8 Å². The average molecular weight is 204 g/mol. The zero-order valence-corrected chi connectivity index (χ0v) is 9.02. The van der Waals surface area contributed by atoms with Crippen LogP contribution in [0.2, 0.25) is 0 Å². The quantitative estimate of drug-likeness (QED) is 0.497. The summed E-state index contributed by atoms with van der Waals surface area (Å²) in [5.74, 6) is 0.954. The molecule has 0 spiro atoms. The molecule has 2 nitrogen and oxygen atoms in total. The normalized spacial score (nSPS) is 16.8. The van der Waals surface area contributed by atoms with Crippen molar-refractivity contribution in [2.75, 3.05) is 12.9 Å². The molecule has 1 aliphatic rings. The molecule has 0 aromatic heterocycles. The van der Waals surface area contributed by atoms with Gasteiger partial charge in [-0.25, -0.2) is 0 Å². The van der Waals surface area contributed by atoms with Crippen LogP contribution in [-0.2, 0) is 4.79 Å². The number of amides is 1. The molecule has 1 saturated carbocycles. The van der Waals surface area contributed by atoms with Crippen LogP contribution in [0.25, 0.3) is 0 Å². The molecule has 3 heteroatoms. The number of halogens is 1. The van der Waals surface area contributed by atoms with Gasteiger partial charge in [-0.15, -0.1) is 11.6 Å². The van der Waals surface area contributed by atoms with Crippen LogP contribution in [0.5, 0.6) is 0 Å². The fourth-order valence-electron chi connectivity index (χ4n) is 1.52. The molecule has 1 aliphatic carbocycles. The average Bonchev–Trinajstić information content (AvgIpc) is 2.01.